The van der Waals surface area contributed by atoms with Gasteiger partial charge in [-0.25, -0.2) is 0 Å². The highest BCUT2D eigenvalue weighted by Crippen LogP contribution is 2.30. The second-order valence-electron chi connectivity index (χ2n) is 11.1. The van der Waals surface area contributed by atoms with Crippen molar-refractivity contribution >= 4 is 5.97 Å². The van der Waals surface area contributed by atoms with E-state index in [1.807, 2.05) is 11.9 Å². The van der Waals surface area contributed by atoms with E-state index in [0.29, 0.717) is 25.1 Å². The molecule has 0 spiro atoms. The van der Waals surface area contributed by atoms with Crippen molar-refractivity contribution in [2.45, 2.75) is 115 Å². The predicted octanol–water partition coefficient (Wildman–Crippen LogP) is 1.76. The van der Waals surface area contributed by atoms with Crippen LogP contribution in [0.1, 0.15) is 73.6 Å². The standard InChI is InChI=1S/C26H50N2O8/c1-10-21-26(6,34)23(31)17(3)28(9)14-13-25(5,33)12-11-20(16(2)24(32)36-21)35-22(30)15-19(18(4)29)27(7)8/h16-17,20-23,29-31,33-34H,10-15H2,1-9H3/b19-18-/t16?,17?,20-,21+,22?,23?,25-,26+/m0/s1. The average Bonchev–Trinajstić information content (AvgIpc) is 2.79. The van der Waals surface area contributed by atoms with Gasteiger partial charge in [-0.2, -0.15) is 0 Å². The summed E-state index contributed by atoms with van der Waals surface area (Å²) in [7, 11) is 5.29. The monoisotopic (exact) mass is 518 g/mol. The minimum absolute atomic E-state index is 0.00512. The normalized spacial score (nSPS) is 37.5. The minimum Gasteiger partial charge on any atom is -0.511 e. The molecule has 8 atom stereocenters. The van der Waals surface area contributed by atoms with E-state index in [1.54, 1.807) is 46.7 Å². The van der Waals surface area contributed by atoms with Crippen molar-refractivity contribution in [2.24, 2.45) is 5.92 Å². The number of rotatable bonds is 6. The molecule has 1 aliphatic rings. The van der Waals surface area contributed by atoms with Gasteiger partial charge >= 0.3 is 5.97 Å². The Morgan fingerprint density at radius 3 is 2.33 bits per heavy atom. The number of ether oxygens (including phenoxy) is 2. The number of carbonyl (C=O) groups is 1. The molecule has 1 aliphatic heterocycles. The lowest BCUT2D eigenvalue weighted by molar-refractivity contribution is -0.200. The summed E-state index contributed by atoms with van der Waals surface area (Å²) in [6.07, 6.45) is -3.03. The molecule has 0 amide bonds. The smallest absolute Gasteiger partial charge is 0.311 e. The zero-order chi connectivity index (χ0) is 28.0. The first-order chi connectivity index (χ1) is 16.4. The topological polar surface area (TPSA) is 143 Å². The number of hydrogen-bond acceptors (Lipinski definition) is 10. The Labute approximate surface area is 216 Å². The fourth-order valence-corrected chi connectivity index (χ4v) is 4.64. The number of esters is 1. The molecule has 4 unspecified atom stereocenters. The molecule has 5 N–H and O–H groups in total. The van der Waals surface area contributed by atoms with Crippen LogP contribution in [0.4, 0.5) is 0 Å². The molecule has 1 rings (SSSR count). The van der Waals surface area contributed by atoms with E-state index >= 15 is 0 Å². The molecule has 36 heavy (non-hydrogen) atoms. The summed E-state index contributed by atoms with van der Waals surface area (Å²) >= 11 is 0. The fourth-order valence-electron chi connectivity index (χ4n) is 4.64. The van der Waals surface area contributed by atoms with Gasteiger partial charge in [-0.3, -0.25) is 4.79 Å². The van der Waals surface area contributed by atoms with Crippen LogP contribution in [-0.2, 0) is 14.3 Å². The van der Waals surface area contributed by atoms with Gasteiger partial charge in [-0.05, 0) is 67.3 Å². The number of aliphatic hydroxyl groups excluding tert-OH is 3. The molecule has 1 fully saturated rings. The van der Waals surface area contributed by atoms with E-state index < -0.39 is 53.7 Å². The number of cyclic esters (lactones) is 1. The first-order valence-electron chi connectivity index (χ1n) is 12.9. The number of nitrogens with zero attached hydrogens (tertiary/aromatic N) is 2. The van der Waals surface area contributed by atoms with Crippen LogP contribution in [0, 0.1) is 5.92 Å². The van der Waals surface area contributed by atoms with Crippen molar-refractivity contribution < 1.29 is 39.8 Å². The Kier molecular flexibility index (Phi) is 12.1. The van der Waals surface area contributed by atoms with Gasteiger partial charge in [-0.1, -0.05) is 6.92 Å². The van der Waals surface area contributed by atoms with Crippen LogP contribution in [0.5, 0.6) is 0 Å². The molecule has 0 saturated carbocycles. The van der Waals surface area contributed by atoms with E-state index in [2.05, 4.69) is 0 Å². The van der Waals surface area contributed by atoms with Crippen LogP contribution >= 0.6 is 0 Å². The molecule has 0 aliphatic carbocycles. The molecule has 0 aromatic rings. The first kappa shape index (κ1) is 32.6. The van der Waals surface area contributed by atoms with Crippen LogP contribution < -0.4 is 0 Å². The second-order valence-corrected chi connectivity index (χ2v) is 11.1. The highest BCUT2D eigenvalue weighted by atomic mass is 16.6. The Hall–Kier alpha value is -1.43. The zero-order valence-corrected chi connectivity index (χ0v) is 23.6. The van der Waals surface area contributed by atoms with Crippen molar-refractivity contribution in [1.29, 1.82) is 0 Å². The summed E-state index contributed by atoms with van der Waals surface area (Å²) < 4.78 is 11.6. The quantitative estimate of drug-likeness (QED) is 0.200. The molecule has 0 aromatic heterocycles. The van der Waals surface area contributed by atoms with Gasteiger partial charge in [0.15, 0.2) is 6.29 Å². The number of carbonyl (C=O) groups excluding carboxylic acids is 1. The van der Waals surface area contributed by atoms with Crippen molar-refractivity contribution in [1.82, 2.24) is 9.80 Å². The molecular weight excluding hydrogens is 468 g/mol. The maximum absolute atomic E-state index is 13.2. The summed E-state index contributed by atoms with van der Waals surface area (Å²) in [5.41, 5.74) is -2.33. The largest absolute Gasteiger partial charge is 0.511 e. The van der Waals surface area contributed by atoms with Crippen molar-refractivity contribution in [2.75, 3.05) is 27.7 Å². The van der Waals surface area contributed by atoms with Gasteiger partial charge in [0.05, 0.1) is 23.3 Å². The Morgan fingerprint density at radius 1 is 1.25 bits per heavy atom. The third-order valence-corrected chi connectivity index (χ3v) is 7.59. The number of likely N-dealkylation sites (N-methyl/N-ethyl adjacent to an activating group) is 1. The minimum atomic E-state index is -1.72. The Morgan fingerprint density at radius 2 is 1.83 bits per heavy atom. The summed E-state index contributed by atoms with van der Waals surface area (Å²) in [6.45, 7) is 10.3. The predicted molar refractivity (Wildman–Crippen MR) is 137 cm³/mol. The van der Waals surface area contributed by atoms with Crippen molar-refractivity contribution in [3.05, 3.63) is 11.5 Å². The lowest BCUT2D eigenvalue weighted by atomic mass is 9.85. The molecule has 0 bridgehead atoms. The van der Waals surface area contributed by atoms with Gasteiger partial charge in [-0.15, -0.1) is 0 Å². The lowest BCUT2D eigenvalue weighted by Gasteiger charge is -2.42. The van der Waals surface area contributed by atoms with E-state index in [4.69, 9.17) is 9.47 Å². The van der Waals surface area contributed by atoms with E-state index in [0.717, 1.165) is 0 Å². The highest BCUT2D eigenvalue weighted by molar-refractivity contribution is 5.73. The number of allylic oxidation sites excluding steroid dienone is 1. The molecule has 10 nitrogen and oxygen atoms in total. The van der Waals surface area contributed by atoms with Crippen LogP contribution in [0.25, 0.3) is 0 Å². The Bertz CT molecular complexity index is 735. The third kappa shape index (κ3) is 8.85. The van der Waals surface area contributed by atoms with E-state index in [-0.39, 0.29) is 25.0 Å². The average molecular weight is 519 g/mol. The molecule has 1 heterocycles. The maximum Gasteiger partial charge on any atom is 0.311 e. The SMILES string of the molecule is CC[C@H]1OC(=O)C(C)[C@@H](OC(O)C/C(=C(\C)O)N(C)C)CC[C@](C)(O)CCN(C)C(C)C(O)[C@]1(C)O. The van der Waals surface area contributed by atoms with Crippen LogP contribution in [-0.4, -0.2) is 111 Å². The van der Waals surface area contributed by atoms with Crippen molar-refractivity contribution in [3.8, 4) is 0 Å². The second kappa shape index (κ2) is 13.4. The molecular formula is C26H50N2O8. The zero-order valence-electron chi connectivity index (χ0n) is 23.6. The fraction of sp³-hybridized carbons (Fsp3) is 0.885. The van der Waals surface area contributed by atoms with Gasteiger partial charge in [0.25, 0.3) is 0 Å². The lowest BCUT2D eigenvalue weighted by Crippen LogP contribution is -2.59. The van der Waals surface area contributed by atoms with Gasteiger partial charge in [0.2, 0.25) is 0 Å². The summed E-state index contributed by atoms with van der Waals surface area (Å²) in [5.74, 6) is -1.41. The molecule has 0 aromatic carbocycles. The molecule has 10 heteroatoms. The van der Waals surface area contributed by atoms with Gasteiger partial charge < -0.3 is 44.8 Å². The molecule has 0 radical (unpaired) electrons. The molecule has 1 saturated heterocycles. The van der Waals surface area contributed by atoms with Gasteiger partial charge in [0.1, 0.15) is 23.6 Å². The van der Waals surface area contributed by atoms with Gasteiger partial charge in [0, 0.05) is 33.1 Å². The number of hydrogen-bond donors (Lipinski definition) is 5. The van der Waals surface area contributed by atoms with E-state index in [1.165, 1.54) is 13.8 Å². The summed E-state index contributed by atoms with van der Waals surface area (Å²) in [6, 6.07) is -0.455. The Balaban J connectivity index is 3.28. The van der Waals surface area contributed by atoms with Crippen LogP contribution in [0.15, 0.2) is 11.5 Å². The number of aliphatic hydroxyl groups is 5. The summed E-state index contributed by atoms with van der Waals surface area (Å²) in [5, 5.41) is 53.8. The summed E-state index contributed by atoms with van der Waals surface area (Å²) in [4.78, 5) is 16.7. The first-order valence-corrected chi connectivity index (χ1v) is 12.9. The van der Waals surface area contributed by atoms with Crippen LogP contribution in [0.3, 0.4) is 0 Å². The molecule has 212 valence electrons. The van der Waals surface area contributed by atoms with Crippen LogP contribution in [0.2, 0.25) is 0 Å². The third-order valence-electron chi connectivity index (χ3n) is 7.59. The van der Waals surface area contributed by atoms with Crippen molar-refractivity contribution in [3.63, 3.8) is 0 Å². The highest BCUT2D eigenvalue weighted by Gasteiger charge is 2.45. The van der Waals surface area contributed by atoms with E-state index in [9.17, 15) is 30.3 Å². The maximum atomic E-state index is 13.2.